The maximum atomic E-state index is 11.9. The van der Waals surface area contributed by atoms with Crippen LogP contribution in [0.4, 0.5) is 0 Å². The number of aromatic amines is 1. The number of aliphatic carboxylic acids is 1. The molecule has 24 heavy (non-hydrogen) atoms. The fourth-order valence-corrected chi connectivity index (χ4v) is 3.44. The smallest absolute Gasteiger partial charge is 0.333 e. The third kappa shape index (κ3) is 2.51. The van der Waals surface area contributed by atoms with E-state index in [4.69, 9.17) is 0 Å². The fraction of sp³-hybridized carbons (Fsp3) is 0.150. The molecule has 120 valence electrons. The normalized spacial score (nSPS) is 17.7. The van der Waals surface area contributed by atoms with Crippen LogP contribution in [0, 0.1) is 0 Å². The number of aromatic nitrogens is 1. The van der Waals surface area contributed by atoms with E-state index in [0.29, 0.717) is 5.57 Å². The number of rotatable bonds is 3. The Kier molecular flexibility index (Phi) is 3.67. The Morgan fingerprint density at radius 2 is 1.83 bits per heavy atom. The van der Waals surface area contributed by atoms with E-state index in [2.05, 4.69) is 16.4 Å². The highest BCUT2D eigenvalue weighted by atomic mass is 16.4. The van der Waals surface area contributed by atoms with Gasteiger partial charge in [-0.1, -0.05) is 48.5 Å². The van der Waals surface area contributed by atoms with Crippen molar-refractivity contribution in [2.45, 2.75) is 12.5 Å². The lowest BCUT2D eigenvalue weighted by Gasteiger charge is -2.25. The van der Waals surface area contributed by atoms with Crippen molar-refractivity contribution in [3.8, 4) is 0 Å². The minimum Gasteiger partial charge on any atom is -0.478 e. The lowest BCUT2D eigenvalue weighted by atomic mass is 9.93. The molecule has 2 aromatic carbocycles. The van der Waals surface area contributed by atoms with Crippen LogP contribution in [0.3, 0.4) is 0 Å². The molecular formula is C20H18N2O2. The lowest BCUT2D eigenvalue weighted by molar-refractivity contribution is -0.133. The quantitative estimate of drug-likeness (QED) is 0.647. The molecule has 3 aromatic rings. The van der Waals surface area contributed by atoms with Crippen LogP contribution < -0.4 is 5.32 Å². The van der Waals surface area contributed by atoms with Crippen LogP contribution in [-0.2, 0) is 11.2 Å². The predicted octanol–water partition coefficient (Wildman–Crippen LogP) is 3.52. The largest absolute Gasteiger partial charge is 0.478 e. The molecule has 0 saturated heterocycles. The second kappa shape index (κ2) is 5.98. The van der Waals surface area contributed by atoms with E-state index in [9.17, 15) is 9.90 Å². The highest BCUT2D eigenvalue weighted by Crippen LogP contribution is 2.34. The number of hydrogen-bond acceptors (Lipinski definition) is 2. The second-order valence-electron chi connectivity index (χ2n) is 6.02. The van der Waals surface area contributed by atoms with Crippen LogP contribution in [0.2, 0.25) is 0 Å². The molecule has 1 unspecified atom stereocenters. The van der Waals surface area contributed by atoms with Crippen LogP contribution in [0.1, 0.15) is 22.9 Å². The van der Waals surface area contributed by atoms with Crippen molar-refractivity contribution in [3.63, 3.8) is 0 Å². The van der Waals surface area contributed by atoms with Crippen LogP contribution in [-0.4, -0.2) is 22.6 Å². The monoisotopic (exact) mass is 318 g/mol. The van der Waals surface area contributed by atoms with Crippen molar-refractivity contribution in [2.75, 3.05) is 6.54 Å². The van der Waals surface area contributed by atoms with Gasteiger partial charge < -0.3 is 15.4 Å². The van der Waals surface area contributed by atoms with Gasteiger partial charge in [-0.25, -0.2) is 4.79 Å². The summed E-state index contributed by atoms with van der Waals surface area (Å²) < 4.78 is 0. The average molecular weight is 318 g/mol. The van der Waals surface area contributed by atoms with Gasteiger partial charge in [-0.2, -0.15) is 0 Å². The predicted molar refractivity (Wildman–Crippen MR) is 94.8 cm³/mol. The van der Waals surface area contributed by atoms with Crippen molar-refractivity contribution >= 4 is 22.9 Å². The van der Waals surface area contributed by atoms with E-state index < -0.39 is 5.97 Å². The SMILES string of the molecule is O=C(O)/C(=C\c1ccccc1)C1NCCc2c1[nH]c1ccccc21. The van der Waals surface area contributed by atoms with Gasteiger partial charge in [0.2, 0.25) is 0 Å². The molecule has 3 N–H and O–H groups in total. The number of benzene rings is 2. The molecule has 1 aliphatic heterocycles. The van der Waals surface area contributed by atoms with Crippen LogP contribution >= 0.6 is 0 Å². The fourth-order valence-electron chi connectivity index (χ4n) is 3.44. The molecule has 1 aliphatic rings. The van der Waals surface area contributed by atoms with Gasteiger partial charge in [0.25, 0.3) is 0 Å². The number of carboxylic acid groups (broad SMARTS) is 1. The minimum absolute atomic E-state index is 0.334. The Hall–Kier alpha value is -2.85. The Morgan fingerprint density at radius 3 is 2.62 bits per heavy atom. The number of para-hydroxylation sites is 1. The highest BCUT2D eigenvalue weighted by Gasteiger charge is 2.29. The molecule has 1 aromatic heterocycles. The van der Waals surface area contributed by atoms with Crippen LogP contribution in [0.25, 0.3) is 17.0 Å². The third-order valence-electron chi connectivity index (χ3n) is 4.54. The highest BCUT2D eigenvalue weighted by molar-refractivity contribution is 5.95. The van der Waals surface area contributed by atoms with Gasteiger partial charge in [0.05, 0.1) is 11.6 Å². The molecule has 0 aliphatic carbocycles. The number of fused-ring (bicyclic) bond motifs is 3. The summed E-state index contributed by atoms with van der Waals surface area (Å²) in [5.74, 6) is -0.900. The molecule has 0 bridgehead atoms. The topological polar surface area (TPSA) is 65.1 Å². The number of H-pyrrole nitrogens is 1. The van der Waals surface area contributed by atoms with E-state index in [0.717, 1.165) is 29.7 Å². The van der Waals surface area contributed by atoms with E-state index in [-0.39, 0.29) is 6.04 Å². The number of carbonyl (C=O) groups is 1. The maximum Gasteiger partial charge on any atom is 0.333 e. The van der Waals surface area contributed by atoms with Crippen molar-refractivity contribution in [1.82, 2.24) is 10.3 Å². The summed E-state index contributed by atoms with van der Waals surface area (Å²) >= 11 is 0. The zero-order valence-corrected chi connectivity index (χ0v) is 13.1. The summed E-state index contributed by atoms with van der Waals surface area (Å²) in [6, 6.07) is 17.4. The maximum absolute atomic E-state index is 11.9. The van der Waals surface area contributed by atoms with Crippen molar-refractivity contribution < 1.29 is 9.90 Å². The first kappa shape index (κ1) is 14.7. The summed E-state index contributed by atoms with van der Waals surface area (Å²) in [7, 11) is 0. The average Bonchev–Trinajstić information content (AvgIpc) is 2.99. The number of carboxylic acids is 1. The molecule has 0 fully saturated rings. The summed E-state index contributed by atoms with van der Waals surface area (Å²) in [5.41, 5.74) is 4.48. The number of nitrogens with one attached hydrogen (secondary N) is 2. The van der Waals surface area contributed by atoms with E-state index in [1.165, 1.54) is 10.9 Å². The molecule has 0 amide bonds. The van der Waals surface area contributed by atoms with Crippen LogP contribution in [0.15, 0.2) is 60.2 Å². The standard InChI is InChI=1S/C20H18N2O2/c23-20(24)16(12-13-6-2-1-3-7-13)18-19-15(10-11-21-18)14-8-4-5-9-17(14)22-19/h1-9,12,18,21-22H,10-11H2,(H,23,24)/b16-12-. The summed E-state index contributed by atoms with van der Waals surface area (Å²) in [6.45, 7) is 0.763. The van der Waals surface area contributed by atoms with Crippen LogP contribution in [0.5, 0.6) is 0 Å². The summed E-state index contributed by atoms with van der Waals surface area (Å²) in [5, 5.41) is 14.3. The van der Waals surface area contributed by atoms with Gasteiger partial charge in [0, 0.05) is 23.1 Å². The zero-order valence-electron chi connectivity index (χ0n) is 13.1. The lowest BCUT2D eigenvalue weighted by Crippen LogP contribution is -2.33. The first-order chi connectivity index (χ1) is 11.7. The molecule has 0 spiro atoms. The van der Waals surface area contributed by atoms with Gasteiger partial charge in [0.15, 0.2) is 0 Å². The van der Waals surface area contributed by atoms with E-state index in [1.54, 1.807) is 6.08 Å². The summed E-state index contributed by atoms with van der Waals surface area (Å²) in [4.78, 5) is 15.3. The first-order valence-electron chi connectivity index (χ1n) is 8.07. The molecule has 4 rings (SSSR count). The molecule has 2 heterocycles. The first-order valence-corrected chi connectivity index (χ1v) is 8.07. The van der Waals surface area contributed by atoms with Crippen molar-refractivity contribution in [2.24, 2.45) is 0 Å². The van der Waals surface area contributed by atoms with Gasteiger partial charge >= 0.3 is 5.97 Å². The Balaban J connectivity index is 1.84. The molecular weight excluding hydrogens is 300 g/mol. The van der Waals surface area contributed by atoms with Gasteiger partial charge in [-0.05, 0) is 29.7 Å². The zero-order chi connectivity index (χ0) is 16.5. The van der Waals surface area contributed by atoms with Gasteiger partial charge in [0.1, 0.15) is 0 Å². The summed E-state index contributed by atoms with van der Waals surface area (Å²) in [6.07, 6.45) is 2.65. The van der Waals surface area contributed by atoms with Gasteiger partial charge in [-0.15, -0.1) is 0 Å². The van der Waals surface area contributed by atoms with Crippen molar-refractivity contribution in [1.29, 1.82) is 0 Å². The Labute approximate surface area is 139 Å². The van der Waals surface area contributed by atoms with Gasteiger partial charge in [-0.3, -0.25) is 0 Å². The second-order valence-corrected chi connectivity index (χ2v) is 6.02. The molecule has 4 nitrogen and oxygen atoms in total. The third-order valence-corrected chi connectivity index (χ3v) is 4.54. The molecule has 4 heteroatoms. The van der Waals surface area contributed by atoms with E-state index >= 15 is 0 Å². The van der Waals surface area contributed by atoms with Crippen molar-refractivity contribution in [3.05, 3.63) is 77.0 Å². The Bertz CT molecular complexity index is 925. The van der Waals surface area contributed by atoms with E-state index in [1.807, 2.05) is 48.5 Å². The minimum atomic E-state index is -0.900. The molecule has 0 saturated carbocycles. The Morgan fingerprint density at radius 1 is 1.08 bits per heavy atom. The molecule has 0 radical (unpaired) electrons. The number of hydrogen-bond donors (Lipinski definition) is 3. The molecule has 1 atom stereocenters.